The molecule has 7 rings (SSSR count). The first-order valence-electron chi connectivity index (χ1n) is 19.6. The maximum atomic E-state index is 3.93. The first-order chi connectivity index (χ1) is 24.0. The van der Waals surface area contributed by atoms with Crippen molar-refractivity contribution in [3.63, 3.8) is 0 Å². The largest absolute Gasteiger partial charge is 0.356 e. The second-order valence-electron chi connectivity index (χ2n) is 19.2. The van der Waals surface area contributed by atoms with E-state index in [9.17, 15) is 0 Å². The molecule has 0 radical (unpaired) electrons. The molecule has 2 nitrogen and oxygen atoms in total. The zero-order valence-electron chi connectivity index (χ0n) is 33.3. The van der Waals surface area contributed by atoms with Gasteiger partial charge in [0.05, 0.1) is 6.04 Å². The van der Waals surface area contributed by atoms with Crippen LogP contribution in [0.25, 0.3) is 5.57 Å². The Morgan fingerprint density at radius 3 is 1.96 bits per heavy atom. The number of hydrogen-bond donors (Lipinski definition) is 1. The van der Waals surface area contributed by atoms with Gasteiger partial charge in [0.15, 0.2) is 0 Å². The predicted octanol–water partition coefficient (Wildman–Crippen LogP) is 13.2. The van der Waals surface area contributed by atoms with Crippen molar-refractivity contribution < 1.29 is 0 Å². The molecule has 3 aromatic rings. The van der Waals surface area contributed by atoms with Gasteiger partial charge < -0.3 is 10.2 Å². The van der Waals surface area contributed by atoms with Crippen molar-refractivity contribution in [2.24, 2.45) is 28.6 Å². The van der Waals surface area contributed by atoms with Crippen LogP contribution >= 0.6 is 0 Å². The van der Waals surface area contributed by atoms with Crippen LogP contribution in [0.3, 0.4) is 0 Å². The summed E-state index contributed by atoms with van der Waals surface area (Å²) in [5.74, 6) is 1.26. The highest BCUT2D eigenvalue weighted by atomic mass is 15.2. The highest BCUT2D eigenvalue weighted by Gasteiger charge is 2.48. The third-order valence-electron chi connectivity index (χ3n) is 13.6. The fourth-order valence-electron chi connectivity index (χ4n) is 9.69. The van der Waals surface area contributed by atoms with Gasteiger partial charge in [-0.25, -0.2) is 0 Å². The molecule has 1 saturated carbocycles. The van der Waals surface area contributed by atoms with Crippen molar-refractivity contribution in [1.82, 2.24) is 0 Å². The Labute approximate surface area is 309 Å². The highest BCUT2D eigenvalue weighted by Crippen LogP contribution is 2.57. The Morgan fingerprint density at radius 2 is 1.29 bits per heavy atom. The molecule has 1 N–H and O–H groups in total. The topological polar surface area (TPSA) is 15.3 Å². The van der Waals surface area contributed by atoms with Crippen molar-refractivity contribution in [2.45, 2.75) is 119 Å². The molecule has 4 aliphatic rings. The van der Waals surface area contributed by atoms with E-state index in [1.54, 1.807) is 0 Å². The summed E-state index contributed by atoms with van der Waals surface area (Å²) in [5.41, 5.74) is 14.1. The summed E-state index contributed by atoms with van der Waals surface area (Å²) in [6.07, 6.45) is 15.2. The Morgan fingerprint density at radius 1 is 0.647 bits per heavy atom. The van der Waals surface area contributed by atoms with Crippen molar-refractivity contribution in [1.29, 1.82) is 0 Å². The number of rotatable bonds is 6. The minimum atomic E-state index is 0.127. The van der Waals surface area contributed by atoms with Crippen molar-refractivity contribution in [3.8, 4) is 0 Å². The molecule has 4 unspecified atom stereocenters. The van der Waals surface area contributed by atoms with Gasteiger partial charge in [-0.3, -0.25) is 0 Å². The molecule has 1 fully saturated rings. The molecule has 0 aliphatic heterocycles. The van der Waals surface area contributed by atoms with Gasteiger partial charge in [-0.05, 0) is 132 Å². The van der Waals surface area contributed by atoms with E-state index in [0.29, 0.717) is 17.8 Å². The lowest BCUT2D eigenvalue weighted by atomic mass is 9.53. The predicted molar refractivity (Wildman–Crippen MR) is 220 cm³/mol. The smallest absolute Gasteiger partial charge is 0.0607 e. The van der Waals surface area contributed by atoms with Gasteiger partial charge in [-0.15, -0.1) is 0 Å². The molecule has 3 aromatic carbocycles. The summed E-state index contributed by atoms with van der Waals surface area (Å²) >= 11 is 0. The average Bonchev–Trinajstić information content (AvgIpc) is 3.08. The van der Waals surface area contributed by atoms with Crippen LogP contribution in [0, 0.1) is 35.5 Å². The van der Waals surface area contributed by atoms with Gasteiger partial charge in [0, 0.05) is 34.3 Å². The van der Waals surface area contributed by atoms with Crippen LogP contribution in [0.1, 0.15) is 117 Å². The second kappa shape index (κ2) is 12.7. The molecular formula is C49H62N2. The zero-order valence-corrected chi connectivity index (χ0v) is 33.3. The Bertz CT molecular complexity index is 1930. The Balaban J connectivity index is 1.37. The molecule has 4 atom stereocenters. The third-order valence-corrected chi connectivity index (χ3v) is 13.6. The number of fused-ring (bicyclic) bond motifs is 2. The summed E-state index contributed by atoms with van der Waals surface area (Å²) in [7, 11) is 0. The summed E-state index contributed by atoms with van der Waals surface area (Å²) < 4.78 is 0. The fourth-order valence-corrected chi connectivity index (χ4v) is 9.69. The van der Waals surface area contributed by atoms with Gasteiger partial charge in [0.25, 0.3) is 0 Å². The molecule has 0 bridgehead atoms. The molecule has 0 spiro atoms. The molecule has 0 amide bonds. The molecule has 0 saturated heterocycles. The van der Waals surface area contributed by atoms with Crippen LogP contribution in [0.4, 0.5) is 11.4 Å². The molecule has 268 valence electrons. The van der Waals surface area contributed by atoms with Gasteiger partial charge in [0.2, 0.25) is 0 Å². The van der Waals surface area contributed by atoms with Crippen molar-refractivity contribution >= 4 is 16.9 Å². The summed E-state index contributed by atoms with van der Waals surface area (Å²) in [6.45, 7) is 26.6. The number of aryl methyl sites for hydroxylation is 1. The van der Waals surface area contributed by atoms with E-state index in [1.807, 2.05) is 0 Å². The van der Waals surface area contributed by atoms with E-state index in [2.05, 4.69) is 183 Å². The zero-order chi connectivity index (χ0) is 36.5. The standard InChI is InChI=1S/C49H62N2/c1-32-16-15-19-38(26-32)51(45-31-43-42(48(8,9)24-25-49(43,10)11)30-39(45)35-17-13-12-14-18-35)44-29-37(27-33(2)34(44)3)50-36-20-21-40-41(28-36)47(6,7)23-22-46(40,4)5/h12-21,26-31,34,42-44,50H,22-25H2,1-11H3. The molecule has 0 heterocycles. The number of hydrogen-bond acceptors (Lipinski definition) is 2. The maximum absolute atomic E-state index is 3.93. The quantitative estimate of drug-likeness (QED) is 0.279. The second-order valence-corrected chi connectivity index (χ2v) is 19.2. The molecular weight excluding hydrogens is 617 g/mol. The van der Waals surface area contributed by atoms with Crippen LogP contribution in [0.5, 0.6) is 0 Å². The number of benzene rings is 3. The normalized spacial score (nSPS) is 27.1. The van der Waals surface area contributed by atoms with E-state index in [0.717, 1.165) is 0 Å². The van der Waals surface area contributed by atoms with E-state index >= 15 is 0 Å². The lowest BCUT2D eigenvalue weighted by molar-refractivity contribution is 0.0331. The summed E-state index contributed by atoms with van der Waals surface area (Å²) in [4.78, 5) is 2.70. The van der Waals surface area contributed by atoms with Gasteiger partial charge in [0.1, 0.15) is 0 Å². The van der Waals surface area contributed by atoms with E-state index < -0.39 is 0 Å². The number of allylic oxidation sites excluding steroid dienone is 4. The number of anilines is 2. The number of nitrogens with zero attached hydrogens (tertiary/aromatic N) is 1. The van der Waals surface area contributed by atoms with Crippen LogP contribution in [-0.2, 0) is 10.8 Å². The number of nitrogens with one attached hydrogen (secondary N) is 1. The lowest BCUT2D eigenvalue weighted by Gasteiger charge is -2.53. The van der Waals surface area contributed by atoms with Crippen LogP contribution in [0.15, 0.2) is 114 Å². The maximum Gasteiger partial charge on any atom is 0.0607 e. The first kappa shape index (κ1) is 35.6. The van der Waals surface area contributed by atoms with Crippen LogP contribution < -0.4 is 10.2 Å². The van der Waals surface area contributed by atoms with Gasteiger partial charge in [-0.1, -0.05) is 129 Å². The van der Waals surface area contributed by atoms with Crippen molar-refractivity contribution in [3.05, 3.63) is 136 Å². The van der Waals surface area contributed by atoms with E-state index in [1.165, 1.54) is 81.9 Å². The molecule has 0 aromatic heterocycles. The first-order valence-corrected chi connectivity index (χ1v) is 19.6. The molecule has 51 heavy (non-hydrogen) atoms. The molecule has 4 aliphatic carbocycles. The molecule has 2 heteroatoms. The van der Waals surface area contributed by atoms with Gasteiger partial charge in [-0.2, -0.15) is 0 Å². The monoisotopic (exact) mass is 678 g/mol. The summed E-state index contributed by atoms with van der Waals surface area (Å²) in [6, 6.07) is 27.6. The Kier molecular flexibility index (Phi) is 8.88. The third kappa shape index (κ3) is 6.58. The lowest BCUT2D eigenvalue weighted by Crippen LogP contribution is -2.46. The summed E-state index contributed by atoms with van der Waals surface area (Å²) in [5, 5.41) is 3.93. The van der Waals surface area contributed by atoms with Crippen LogP contribution in [-0.4, -0.2) is 6.04 Å². The minimum absolute atomic E-state index is 0.127. The van der Waals surface area contributed by atoms with E-state index in [-0.39, 0.29) is 27.7 Å². The SMILES string of the molecule is CC1=CC(Nc2ccc3c(c2)C(C)(C)CCC3(C)C)=CC(N(C2=CC3C(C=C2c2ccccc2)C(C)(C)CCC3(C)C)c2cccc(C)c2)C1C. The average molecular weight is 679 g/mol. The van der Waals surface area contributed by atoms with Gasteiger partial charge >= 0.3 is 0 Å². The van der Waals surface area contributed by atoms with Crippen LogP contribution in [0.2, 0.25) is 0 Å². The fraction of sp³-hybridized carbons (Fsp3) is 0.469. The van der Waals surface area contributed by atoms with Crippen molar-refractivity contribution in [2.75, 3.05) is 10.2 Å². The minimum Gasteiger partial charge on any atom is -0.356 e. The highest BCUT2D eigenvalue weighted by molar-refractivity contribution is 5.86. The van der Waals surface area contributed by atoms with E-state index in [4.69, 9.17) is 0 Å². The Hall–Kier alpha value is -3.78.